The Labute approximate surface area is 99.4 Å². The summed E-state index contributed by atoms with van der Waals surface area (Å²) in [6, 6.07) is 3.90. The third-order valence-electron chi connectivity index (χ3n) is 2.38. The second-order valence-corrected chi connectivity index (χ2v) is 5.13. The lowest BCUT2D eigenvalue weighted by molar-refractivity contribution is 0.369. The zero-order chi connectivity index (χ0) is 11.6. The van der Waals surface area contributed by atoms with Crippen molar-refractivity contribution in [3.05, 3.63) is 23.3 Å². The summed E-state index contributed by atoms with van der Waals surface area (Å²) >= 11 is 3.36. The molecule has 1 N–H and O–H groups in total. The minimum atomic E-state index is 0.0535. The predicted molar refractivity (Wildman–Crippen MR) is 66.0 cm³/mol. The number of hydrogen-bond donors (Lipinski definition) is 1. The van der Waals surface area contributed by atoms with Crippen LogP contribution in [0.3, 0.4) is 0 Å². The summed E-state index contributed by atoms with van der Waals surface area (Å²) in [5.41, 5.74) is 2.07. The van der Waals surface area contributed by atoms with Crippen molar-refractivity contribution in [3.63, 3.8) is 0 Å². The van der Waals surface area contributed by atoms with E-state index >= 15 is 0 Å². The number of hydrogen-bond acceptors (Lipinski definition) is 2. The molecule has 0 atom stereocenters. The molecule has 0 unspecified atom stereocenters. The molecule has 0 bridgehead atoms. The number of benzene rings is 1. The Balaban J connectivity index is 3.33. The van der Waals surface area contributed by atoms with Crippen LogP contribution in [0.25, 0.3) is 0 Å². The van der Waals surface area contributed by atoms with Crippen molar-refractivity contribution < 1.29 is 9.84 Å². The summed E-state index contributed by atoms with van der Waals surface area (Å²) in [5, 5.41) is 10.4. The van der Waals surface area contributed by atoms with Gasteiger partial charge >= 0.3 is 0 Å². The van der Waals surface area contributed by atoms with Crippen LogP contribution in [-0.2, 0) is 10.7 Å². The standard InChI is InChI=1S/C12H17BrO2/c1-12(2,3)9-5-8(7-13)11(14)10(6-9)15-4/h5-6,14H,7H2,1-4H3. The van der Waals surface area contributed by atoms with Crippen molar-refractivity contribution >= 4 is 15.9 Å². The summed E-state index contributed by atoms with van der Waals surface area (Å²) in [6.45, 7) is 6.41. The molecule has 1 aromatic rings. The van der Waals surface area contributed by atoms with Crippen molar-refractivity contribution in [2.75, 3.05) is 7.11 Å². The average molecular weight is 273 g/mol. The molecule has 0 aromatic heterocycles. The lowest BCUT2D eigenvalue weighted by Crippen LogP contribution is -2.11. The van der Waals surface area contributed by atoms with Gasteiger partial charge in [0, 0.05) is 10.9 Å². The molecule has 0 fully saturated rings. The van der Waals surface area contributed by atoms with E-state index in [1.54, 1.807) is 7.11 Å². The van der Waals surface area contributed by atoms with E-state index in [1.165, 1.54) is 0 Å². The van der Waals surface area contributed by atoms with Crippen molar-refractivity contribution in [3.8, 4) is 11.5 Å². The predicted octanol–water partition coefficient (Wildman–Crippen LogP) is 3.59. The first kappa shape index (κ1) is 12.4. The Kier molecular flexibility index (Phi) is 3.66. The molecular weight excluding hydrogens is 256 g/mol. The number of phenolic OH excluding ortho intramolecular Hbond substituents is 1. The second-order valence-electron chi connectivity index (χ2n) is 4.57. The molecule has 1 aromatic carbocycles. The molecule has 0 aliphatic carbocycles. The maximum atomic E-state index is 9.82. The largest absolute Gasteiger partial charge is 0.504 e. The molecule has 2 nitrogen and oxygen atoms in total. The quantitative estimate of drug-likeness (QED) is 0.834. The minimum absolute atomic E-state index is 0.0535. The van der Waals surface area contributed by atoms with Crippen molar-refractivity contribution in [1.29, 1.82) is 0 Å². The molecule has 0 aliphatic rings. The maximum Gasteiger partial charge on any atom is 0.161 e. The lowest BCUT2D eigenvalue weighted by Gasteiger charge is -2.21. The Hall–Kier alpha value is -0.700. The van der Waals surface area contributed by atoms with Gasteiger partial charge in [-0.25, -0.2) is 0 Å². The molecule has 0 amide bonds. The number of methoxy groups -OCH3 is 1. The fraction of sp³-hybridized carbons (Fsp3) is 0.500. The molecule has 3 heteroatoms. The van der Waals surface area contributed by atoms with E-state index in [0.717, 1.165) is 11.1 Å². The highest BCUT2D eigenvalue weighted by molar-refractivity contribution is 9.08. The summed E-state index contributed by atoms with van der Waals surface area (Å²) < 4.78 is 5.15. The monoisotopic (exact) mass is 272 g/mol. The fourth-order valence-corrected chi connectivity index (χ4v) is 1.78. The molecule has 0 heterocycles. The molecule has 0 radical (unpaired) electrons. The Morgan fingerprint density at radius 2 is 1.93 bits per heavy atom. The van der Waals surface area contributed by atoms with Crippen LogP contribution in [0.1, 0.15) is 31.9 Å². The summed E-state index contributed by atoms with van der Waals surface area (Å²) in [5.74, 6) is 0.763. The van der Waals surface area contributed by atoms with Gasteiger partial charge in [0.2, 0.25) is 0 Å². The molecule has 1 rings (SSSR count). The lowest BCUT2D eigenvalue weighted by atomic mass is 9.86. The molecule has 0 aliphatic heterocycles. The normalized spacial score (nSPS) is 11.5. The SMILES string of the molecule is COc1cc(C(C)(C)C)cc(CBr)c1O. The van der Waals surface area contributed by atoms with Crippen LogP contribution in [0, 0.1) is 0 Å². The topological polar surface area (TPSA) is 29.5 Å². The fourth-order valence-electron chi connectivity index (χ4n) is 1.36. The van der Waals surface area contributed by atoms with Gasteiger partial charge in [0.1, 0.15) is 0 Å². The molecule has 0 saturated heterocycles. The highest BCUT2D eigenvalue weighted by atomic mass is 79.9. The van der Waals surface area contributed by atoms with Gasteiger partial charge in [0.05, 0.1) is 7.11 Å². The minimum Gasteiger partial charge on any atom is -0.504 e. The van der Waals surface area contributed by atoms with Gasteiger partial charge in [-0.05, 0) is 17.0 Å². The van der Waals surface area contributed by atoms with Crippen LogP contribution in [0.4, 0.5) is 0 Å². The first-order valence-corrected chi connectivity index (χ1v) is 5.98. The van der Waals surface area contributed by atoms with E-state index in [0.29, 0.717) is 11.1 Å². The Morgan fingerprint density at radius 3 is 2.33 bits per heavy atom. The third-order valence-corrected chi connectivity index (χ3v) is 2.99. The van der Waals surface area contributed by atoms with Crippen molar-refractivity contribution in [2.24, 2.45) is 0 Å². The average Bonchev–Trinajstić information content (AvgIpc) is 2.16. The first-order chi connectivity index (χ1) is 6.90. The van der Waals surface area contributed by atoms with E-state index in [1.807, 2.05) is 12.1 Å². The number of ether oxygens (including phenoxy) is 1. The number of alkyl halides is 1. The maximum absolute atomic E-state index is 9.82. The molecule has 84 valence electrons. The zero-order valence-corrected chi connectivity index (χ0v) is 11.2. The number of rotatable bonds is 2. The zero-order valence-electron chi connectivity index (χ0n) is 9.60. The van der Waals surface area contributed by atoms with Gasteiger partial charge in [0.15, 0.2) is 11.5 Å². The summed E-state index contributed by atoms with van der Waals surface area (Å²) in [4.78, 5) is 0. The molecule has 15 heavy (non-hydrogen) atoms. The molecular formula is C12H17BrO2. The van der Waals surface area contributed by atoms with Crippen LogP contribution in [0.15, 0.2) is 12.1 Å². The molecule has 0 saturated carbocycles. The highest BCUT2D eigenvalue weighted by Crippen LogP contribution is 2.36. The number of phenols is 1. The van der Waals surface area contributed by atoms with E-state index in [2.05, 4.69) is 36.7 Å². The summed E-state index contributed by atoms with van der Waals surface area (Å²) in [7, 11) is 1.57. The summed E-state index contributed by atoms with van der Waals surface area (Å²) in [6.07, 6.45) is 0. The number of aromatic hydroxyl groups is 1. The van der Waals surface area contributed by atoms with Gasteiger partial charge in [0.25, 0.3) is 0 Å². The smallest absolute Gasteiger partial charge is 0.161 e. The van der Waals surface area contributed by atoms with Gasteiger partial charge in [-0.3, -0.25) is 0 Å². The van der Waals surface area contributed by atoms with Gasteiger partial charge in [-0.1, -0.05) is 42.8 Å². The Morgan fingerprint density at radius 1 is 1.33 bits per heavy atom. The van der Waals surface area contributed by atoms with E-state index in [-0.39, 0.29) is 11.2 Å². The van der Waals surface area contributed by atoms with E-state index in [9.17, 15) is 5.11 Å². The Bertz CT molecular complexity index is 328. The van der Waals surface area contributed by atoms with Crippen molar-refractivity contribution in [2.45, 2.75) is 31.5 Å². The number of halogens is 1. The van der Waals surface area contributed by atoms with E-state index in [4.69, 9.17) is 4.74 Å². The third kappa shape index (κ3) is 2.65. The van der Waals surface area contributed by atoms with Crippen LogP contribution in [0.5, 0.6) is 11.5 Å². The van der Waals surface area contributed by atoms with Crippen LogP contribution in [0.2, 0.25) is 0 Å². The van der Waals surface area contributed by atoms with Crippen molar-refractivity contribution in [1.82, 2.24) is 0 Å². The van der Waals surface area contributed by atoms with Gasteiger partial charge in [-0.15, -0.1) is 0 Å². The van der Waals surface area contributed by atoms with Gasteiger partial charge < -0.3 is 9.84 Å². The second kappa shape index (κ2) is 4.44. The highest BCUT2D eigenvalue weighted by Gasteiger charge is 2.18. The van der Waals surface area contributed by atoms with E-state index < -0.39 is 0 Å². The van der Waals surface area contributed by atoms with Crippen LogP contribution >= 0.6 is 15.9 Å². The molecule has 0 spiro atoms. The van der Waals surface area contributed by atoms with Gasteiger partial charge in [-0.2, -0.15) is 0 Å². The first-order valence-electron chi connectivity index (χ1n) is 4.86. The van der Waals surface area contributed by atoms with Crippen LogP contribution < -0.4 is 4.74 Å². The van der Waals surface area contributed by atoms with Crippen LogP contribution in [-0.4, -0.2) is 12.2 Å².